The second-order valence-corrected chi connectivity index (χ2v) is 4.68. The molecule has 110 valence electrons. The average Bonchev–Trinajstić information content (AvgIpc) is 3.11. The monoisotopic (exact) mass is 289 g/mol. The molecule has 0 saturated carbocycles. The number of nitrogens with zero attached hydrogens (tertiary/aromatic N) is 4. The minimum atomic E-state index is -0.345. The van der Waals surface area contributed by atoms with Crippen molar-refractivity contribution < 1.29 is 9.59 Å². The quantitative estimate of drug-likeness (QED) is 0.726. The molecule has 0 spiro atoms. The molecule has 3 heterocycles. The largest absolute Gasteiger partial charge is 0.354 e. The van der Waals surface area contributed by atoms with E-state index in [4.69, 9.17) is 0 Å². The summed E-state index contributed by atoms with van der Waals surface area (Å²) in [4.78, 5) is 28.1. The van der Waals surface area contributed by atoms with E-state index in [9.17, 15) is 9.59 Å². The number of fused-ring (bicyclic) bond motifs is 1. The maximum absolute atomic E-state index is 12.0. The minimum Gasteiger partial charge on any atom is -0.354 e. The number of carbonyl (C=O) groups excluding carboxylic acids is 2. The van der Waals surface area contributed by atoms with Gasteiger partial charge in [0.15, 0.2) is 5.82 Å². The fraction of sp³-hybridized carbons (Fsp3) is 0.417. The van der Waals surface area contributed by atoms with E-state index in [1.54, 1.807) is 11.7 Å². The van der Waals surface area contributed by atoms with E-state index >= 15 is 0 Å². The Labute approximate surface area is 120 Å². The second-order valence-electron chi connectivity index (χ2n) is 4.68. The van der Waals surface area contributed by atoms with E-state index < -0.39 is 0 Å². The van der Waals surface area contributed by atoms with E-state index in [1.807, 2.05) is 6.92 Å². The molecule has 2 aromatic heterocycles. The number of hydrogen-bond acceptors (Lipinski definition) is 5. The van der Waals surface area contributed by atoms with Crippen molar-refractivity contribution in [2.24, 2.45) is 0 Å². The van der Waals surface area contributed by atoms with Crippen molar-refractivity contribution in [2.75, 3.05) is 12.4 Å². The Morgan fingerprint density at radius 2 is 2.38 bits per heavy atom. The van der Waals surface area contributed by atoms with Crippen LogP contribution in [0.4, 0.5) is 5.82 Å². The number of aromatic amines is 1. The normalized spacial score (nSPS) is 17.2. The van der Waals surface area contributed by atoms with Crippen molar-refractivity contribution in [3.8, 4) is 0 Å². The zero-order chi connectivity index (χ0) is 15.0. The van der Waals surface area contributed by atoms with Crippen molar-refractivity contribution in [3.05, 3.63) is 23.4 Å². The fourth-order valence-corrected chi connectivity index (χ4v) is 2.56. The topological polar surface area (TPSA) is 118 Å². The molecule has 9 nitrogen and oxygen atoms in total. The molecule has 3 rings (SSSR count). The van der Waals surface area contributed by atoms with E-state index in [1.165, 1.54) is 6.33 Å². The Kier molecular flexibility index (Phi) is 3.16. The lowest BCUT2D eigenvalue weighted by Gasteiger charge is -2.22. The van der Waals surface area contributed by atoms with Gasteiger partial charge in [-0.15, -0.1) is 0 Å². The SMILES string of the molecule is CCn1ncnc1[C@H]1CC(=O)Nc2n[nH]c(C(=O)NC)c21. The number of aromatic nitrogens is 5. The van der Waals surface area contributed by atoms with Crippen LogP contribution in [0.15, 0.2) is 6.33 Å². The van der Waals surface area contributed by atoms with E-state index in [2.05, 4.69) is 30.9 Å². The second kappa shape index (κ2) is 5.00. The van der Waals surface area contributed by atoms with E-state index in [0.717, 1.165) is 0 Å². The lowest BCUT2D eigenvalue weighted by molar-refractivity contribution is -0.116. The zero-order valence-corrected chi connectivity index (χ0v) is 11.7. The van der Waals surface area contributed by atoms with Crippen molar-refractivity contribution in [1.29, 1.82) is 0 Å². The van der Waals surface area contributed by atoms with Crippen molar-refractivity contribution in [1.82, 2.24) is 30.3 Å². The molecule has 1 aliphatic heterocycles. The lowest BCUT2D eigenvalue weighted by atomic mass is 9.90. The molecular weight excluding hydrogens is 274 g/mol. The van der Waals surface area contributed by atoms with Crippen LogP contribution >= 0.6 is 0 Å². The molecule has 0 unspecified atom stereocenters. The molecule has 2 amide bonds. The molecule has 0 bridgehead atoms. The van der Waals surface area contributed by atoms with Crippen LogP contribution in [0.2, 0.25) is 0 Å². The molecule has 0 saturated heterocycles. The smallest absolute Gasteiger partial charge is 0.269 e. The molecule has 9 heteroatoms. The number of amides is 2. The number of hydrogen-bond donors (Lipinski definition) is 3. The van der Waals surface area contributed by atoms with Gasteiger partial charge in [0, 0.05) is 25.6 Å². The van der Waals surface area contributed by atoms with Crippen LogP contribution in [0.1, 0.15) is 41.1 Å². The molecule has 2 aromatic rings. The van der Waals surface area contributed by atoms with E-state index in [-0.39, 0.29) is 24.2 Å². The third-order valence-electron chi connectivity index (χ3n) is 3.51. The molecule has 1 aliphatic rings. The van der Waals surface area contributed by atoms with Crippen molar-refractivity contribution in [3.63, 3.8) is 0 Å². The molecule has 0 aromatic carbocycles. The summed E-state index contributed by atoms with van der Waals surface area (Å²) in [5, 5.41) is 16.1. The van der Waals surface area contributed by atoms with Crippen LogP contribution in [-0.2, 0) is 11.3 Å². The fourth-order valence-electron chi connectivity index (χ4n) is 2.56. The first-order valence-electron chi connectivity index (χ1n) is 6.63. The summed E-state index contributed by atoms with van der Waals surface area (Å²) in [5.41, 5.74) is 0.986. The Morgan fingerprint density at radius 3 is 3.10 bits per heavy atom. The molecular formula is C12H15N7O2. The predicted octanol–water partition coefficient (Wildman–Crippen LogP) is -0.145. The summed E-state index contributed by atoms with van der Waals surface area (Å²) in [6.45, 7) is 2.58. The van der Waals surface area contributed by atoms with Gasteiger partial charge in [0.2, 0.25) is 5.91 Å². The van der Waals surface area contributed by atoms with Gasteiger partial charge in [-0.1, -0.05) is 0 Å². The summed E-state index contributed by atoms with van der Waals surface area (Å²) in [7, 11) is 1.54. The number of H-pyrrole nitrogens is 1. The van der Waals surface area contributed by atoms with Crippen molar-refractivity contribution >= 4 is 17.6 Å². The number of aryl methyl sites for hydroxylation is 1. The first kappa shape index (κ1) is 13.3. The van der Waals surface area contributed by atoms with Gasteiger partial charge in [-0.25, -0.2) is 9.67 Å². The first-order valence-corrected chi connectivity index (χ1v) is 6.63. The average molecular weight is 289 g/mol. The van der Waals surface area contributed by atoms with Gasteiger partial charge in [0.1, 0.15) is 17.8 Å². The molecule has 0 radical (unpaired) electrons. The highest BCUT2D eigenvalue weighted by Crippen LogP contribution is 2.37. The lowest BCUT2D eigenvalue weighted by Crippen LogP contribution is -2.28. The number of nitrogens with one attached hydrogen (secondary N) is 3. The van der Waals surface area contributed by atoms with Gasteiger partial charge < -0.3 is 10.6 Å². The summed E-state index contributed by atoms with van der Waals surface area (Å²) < 4.78 is 1.72. The molecule has 0 fully saturated rings. The van der Waals surface area contributed by atoms with Crippen LogP contribution in [0.3, 0.4) is 0 Å². The maximum Gasteiger partial charge on any atom is 0.269 e. The standard InChI is InChI=1S/C12H15N7O2/c1-3-19-11(14-5-15-19)6-4-7(20)16-10-8(6)9(17-18-10)12(21)13-2/h5-6H,3-4H2,1-2H3,(H,13,21)(H2,16,17,18,20)/t6-/m0/s1. The van der Waals surface area contributed by atoms with Gasteiger partial charge in [-0.3, -0.25) is 14.7 Å². The predicted molar refractivity (Wildman–Crippen MR) is 72.8 cm³/mol. The first-order chi connectivity index (χ1) is 10.2. The highest BCUT2D eigenvalue weighted by atomic mass is 16.2. The maximum atomic E-state index is 12.0. The number of anilines is 1. The summed E-state index contributed by atoms with van der Waals surface area (Å²) in [6, 6.07) is 0. The Balaban J connectivity index is 2.14. The molecule has 3 N–H and O–H groups in total. The van der Waals surface area contributed by atoms with Crippen LogP contribution in [0.25, 0.3) is 0 Å². The van der Waals surface area contributed by atoms with Crippen LogP contribution in [-0.4, -0.2) is 43.8 Å². The van der Waals surface area contributed by atoms with Gasteiger partial charge >= 0.3 is 0 Å². The number of rotatable bonds is 3. The Morgan fingerprint density at radius 1 is 1.57 bits per heavy atom. The van der Waals surface area contributed by atoms with Crippen LogP contribution < -0.4 is 10.6 Å². The van der Waals surface area contributed by atoms with Crippen LogP contribution in [0.5, 0.6) is 0 Å². The Hall–Kier alpha value is -2.71. The molecule has 1 atom stereocenters. The highest BCUT2D eigenvalue weighted by molar-refractivity contribution is 6.00. The van der Waals surface area contributed by atoms with Gasteiger partial charge in [-0.2, -0.15) is 10.2 Å². The van der Waals surface area contributed by atoms with E-state index in [0.29, 0.717) is 29.4 Å². The number of carbonyl (C=O) groups is 2. The van der Waals surface area contributed by atoms with Gasteiger partial charge in [0.05, 0.1) is 5.92 Å². The summed E-state index contributed by atoms with van der Waals surface area (Å²) >= 11 is 0. The summed E-state index contributed by atoms with van der Waals surface area (Å²) in [5.74, 6) is 0.239. The van der Waals surface area contributed by atoms with Crippen molar-refractivity contribution in [2.45, 2.75) is 25.8 Å². The summed E-state index contributed by atoms with van der Waals surface area (Å²) in [6.07, 6.45) is 1.65. The Bertz CT molecular complexity index is 702. The third-order valence-corrected chi connectivity index (χ3v) is 3.51. The minimum absolute atomic E-state index is 0.159. The zero-order valence-electron chi connectivity index (χ0n) is 11.7. The third kappa shape index (κ3) is 2.06. The highest BCUT2D eigenvalue weighted by Gasteiger charge is 2.35. The van der Waals surface area contributed by atoms with Crippen LogP contribution in [0, 0.1) is 0 Å². The van der Waals surface area contributed by atoms with Gasteiger partial charge in [0.25, 0.3) is 5.91 Å². The molecule has 0 aliphatic carbocycles. The van der Waals surface area contributed by atoms with Gasteiger partial charge in [-0.05, 0) is 6.92 Å². The molecule has 21 heavy (non-hydrogen) atoms.